The number of ether oxygens (including phenoxy) is 1. The van der Waals surface area contributed by atoms with Crippen LogP contribution in [0.2, 0.25) is 5.02 Å². The van der Waals surface area contributed by atoms with E-state index in [1.54, 1.807) is 18.3 Å². The van der Waals surface area contributed by atoms with Gasteiger partial charge < -0.3 is 9.15 Å². The van der Waals surface area contributed by atoms with Gasteiger partial charge in [0.05, 0.1) is 0 Å². The molecule has 6 heteroatoms. The molecular formula is C18H12ClN3O2. The minimum atomic E-state index is 0.177. The van der Waals surface area contributed by atoms with Gasteiger partial charge in [0.15, 0.2) is 6.61 Å². The minimum Gasteiger partial charge on any atom is -0.482 e. The summed E-state index contributed by atoms with van der Waals surface area (Å²) in [5, 5.41) is 9.72. The van der Waals surface area contributed by atoms with Crippen LogP contribution >= 0.6 is 11.6 Å². The number of pyridine rings is 1. The van der Waals surface area contributed by atoms with Crippen LogP contribution in [0.15, 0.2) is 65.2 Å². The van der Waals surface area contributed by atoms with Crippen molar-refractivity contribution >= 4 is 22.5 Å². The quantitative estimate of drug-likeness (QED) is 0.548. The third kappa shape index (κ3) is 2.94. The van der Waals surface area contributed by atoms with E-state index in [1.165, 1.54) is 0 Å². The molecule has 2 aromatic carbocycles. The average molecular weight is 338 g/mol. The van der Waals surface area contributed by atoms with Crippen LogP contribution in [0.25, 0.3) is 22.4 Å². The molecule has 2 heterocycles. The molecule has 0 unspecified atom stereocenters. The first-order valence-corrected chi connectivity index (χ1v) is 7.72. The van der Waals surface area contributed by atoms with Gasteiger partial charge in [0.2, 0.25) is 5.89 Å². The van der Waals surface area contributed by atoms with Crippen LogP contribution in [0.1, 0.15) is 5.89 Å². The third-order valence-corrected chi connectivity index (χ3v) is 3.76. The van der Waals surface area contributed by atoms with Crippen molar-refractivity contribution in [3.8, 4) is 17.2 Å². The van der Waals surface area contributed by atoms with E-state index < -0.39 is 0 Å². The van der Waals surface area contributed by atoms with Crippen molar-refractivity contribution in [1.82, 2.24) is 15.2 Å². The molecule has 0 saturated heterocycles. The maximum Gasteiger partial charge on any atom is 0.254 e. The highest BCUT2D eigenvalue weighted by molar-refractivity contribution is 6.30. The average Bonchev–Trinajstić information content (AvgIpc) is 3.09. The SMILES string of the molecule is Clc1ccc(-c2nnc(COc3cccc4cccnc34)o2)cc1. The van der Waals surface area contributed by atoms with Gasteiger partial charge in [-0.15, -0.1) is 10.2 Å². The number of hydrogen-bond acceptors (Lipinski definition) is 5. The predicted octanol–water partition coefficient (Wildman–Crippen LogP) is 4.52. The summed E-state index contributed by atoms with van der Waals surface area (Å²) in [6.45, 7) is 0.177. The lowest BCUT2D eigenvalue weighted by molar-refractivity contribution is 0.267. The smallest absolute Gasteiger partial charge is 0.254 e. The molecule has 2 aromatic heterocycles. The zero-order valence-electron chi connectivity index (χ0n) is 12.5. The number of nitrogens with zero attached hydrogens (tertiary/aromatic N) is 3. The molecule has 0 amide bonds. The molecule has 0 atom stereocenters. The third-order valence-electron chi connectivity index (χ3n) is 3.50. The van der Waals surface area contributed by atoms with Gasteiger partial charge in [0.25, 0.3) is 5.89 Å². The normalized spacial score (nSPS) is 10.9. The number of halogens is 1. The molecule has 0 N–H and O–H groups in total. The van der Waals surface area contributed by atoms with Crippen molar-refractivity contribution in [2.24, 2.45) is 0 Å². The molecule has 0 aliphatic rings. The van der Waals surface area contributed by atoms with Crippen molar-refractivity contribution in [2.45, 2.75) is 6.61 Å². The Morgan fingerprint density at radius 3 is 2.67 bits per heavy atom. The molecule has 0 bridgehead atoms. The Bertz CT molecular complexity index is 978. The van der Waals surface area contributed by atoms with Crippen LogP contribution in [-0.4, -0.2) is 15.2 Å². The maximum absolute atomic E-state index is 5.88. The molecule has 0 radical (unpaired) electrons. The van der Waals surface area contributed by atoms with Crippen LogP contribution in [-0.2, 0) is 6.61 Å². The summed E-state index contributed by atoms with van der Waals surface area (Å²) < 4.78 is 11.4. The van der Waals surface area contributed by atoms with E-state index in [0.717, 1.165) is 16.5 Å². The summed E-state index contributed by atoms with van der Waals surface area (Å²) in [5.41, 5.74) is 1.61. The summed E-state index contributed by atoms with van der Waals surface area (Å²) >= 11 is 5.88. The number of fused-ring (bicyclic) bond motifs is 1. The number of hydrogen-bond donors (Lipinski definition) is 0. The van der Waals surface area contributed by atoms with Gasteiger partial charge in [0, 0.05) is 22.2 Å². The van der Waals surface area contributed by atoms with Crippen LogP contribution in [0.5, 0.6) is 5.75 Å². The van der Waals surface area contributed by atoms with E-state index in [-0.39, 0.29) is 6.61 Å². The molecule has 0 fully saturated rings. The van der Waals surface area contributed by atoms with Gasteiger partial charge in [-0.05, 0) is 36.4 Å². The Balaban J connectivity index is 1.53. The van der Waals surface area contributed by atoms with E-state index in [0.29, 0.717) is 22.6 Å². The monoisotopic (exact) mass is 337 g/mol. The van der Waals surface area contributed by atoms with E-state index in [2.05, 4.69) is 15.2 Å². The van der Waals surface area contributed by atoms with Gasteiger partial charge in [-0.1, -0.05) is 29.8 Å². The van der Waals surface area contributed by atoms with Crippen molar-refractivity contribution in [1.29, 1.82) is 0 Å². The second-order valence-corrected chi connectivity index (χ2v) is 5.56. The molecule has 0 spiro atoms. The van der Waals surface area contributed by atoms with Crippen LogP contribution in [0, 0.1) is 0 Å². The van der Waals surface area contributed by atoms with E-state index >= 15 is 0 Å². The largest absolute Gasteiger partial charge is 0.482 e. The first-order valence-electron chi connectivity index (χ1n) is 7.34. The highest BCUT2D eigenvalue weighted by Crippen LogP contribution is 2.24. The van der Waals surface area contributed by atoms with Crippen LogP contribution < -0.4 is 4.74 Å². The van der Waals surface area contributed by atoms with Gasteiger partial charge in [0.1, 0.15) is 11.3 Å². The number of benzene rings is 2. The van der Waals surface area contributed by atoms with Crippen molar-refractivity contribution in [3.05, 3.63) is 71.7 Å². The Morgan fingerprint density at radius 1 is 0.958 bits per heavy atom. The zero-order valence-corrected chi connectivity index (χ0v) is 13.3. The first kappa shape index (κ1) is 14.7. The molecule has 24 heavy (non-hydrogen) atoms. The fourth-order valence-corrected chi connectivity index (χ4v) is 2.48. The molecule has 0 aliphatic carbocycles. The highest BCUT2D eigenvalue weighted by atomic mass is 35.5. The van der Waals surface area contributed by atoms with E-state index in [4.69, 9.17) is 20.8 Å². The molecule has 4 rings (SSSR count). The summed E-state index contributed by atoms with van der Waals surface area (Å²) in [4.78, 5) is 4.35. The second kappa shape index (κ2) is 6.29. The number of para-hydroxylation sites is 1. The molecule has 5 nitrogen and oxygen atoms in total. The number of aromatic nitrogens is 3. The molecule has 4 aromatic rings. The Hall–Kier alpha value is -2.92. The van der Waals surface area contributed by atoms with Crippen molar-refractivity contribution in [2.75, 3.05) is 0 Å². The Kier molecular flexibility index (Phi) is 3.84. The summed E-state index contributed by atoms with van der Waals surface area (Å²) in [6, 6.07) is 16.9. The number of rotatable bonds is 4. The lowest BCUT2D eigenvalue weighted by Gasteiger charge is -2.06. The highest BCUT2D eigenvalue weighted by Gasteiger charge is 2.10. The van der Waals surface area contributed by atoms with E-state index in [9.17, 15) is 0 Å². The lowest BCUT2D eigenvalue weighted by Crippen LogP contribution is -1.97. The van der Waals surface area contributed by atoms with Crippen molar-refractivity contribution in [3.63, 3.8) is 0 Å². The fraction of sp³-hybridized carbons (Fsp3) is 0.0556. The second-order valence-electron chi connectivity index (χ2n) is 5.13. The zero-order chi connectivity index (χ0) is 16.4. The summed E-state index contributed by atoms with van der Waals surface area (Å²) in [6.07, 6.45) is 1.74. The van der Waals surface area contributed by atoms with Crippen LogP contribution in [0.3, 0.4) is 0 Å². The summed E-state index contributed by atoms with van der Waals surface area (Å²) in [5.74, 6) is 1.51. The van der Waals surface area contributed by atoms with Gasteiger partial charge in [-0.3, -0.25) is 4.98 Å². The first-order chi connectivity index (χ1) is 11.8. The topological polar surface area (TPSA) is 61.0 Å². The fourth-order valence-electron chi connectivity index (χ4n) is 2.35. The molecule has 118 valence electrons. The Morgan fingerprint density at radius 2 is 1.79 bits per heavy atom. The standard InChI is InChI=1S/C18H12ClN3O2/c19-14-8-6-13(7-9-14)18-22-21-16(24-18)11-23-15-5-1-3-12-4-2-10-20-17(12)15/h1-10H,11H2. The van der Waals surface area contributed by atoms with Crippen LogP contribution in [0.4, 0.5) is 0 Å². The van der Waals surface area contributed by atoms with Crippen molar-refractivity contribution < 1.29 is 9.15 Å². The van der Waals surface area contributed by atoms with E-state index in [1.807, 2.05) is 42.5 Å². The maximum atomic E-state index is 5.88. The van der Waals surface area contributed by atoms with Gasteiger partial charge >= 0.3 is 0 Å². The van der Waals surface area contributed by atoms with Gasteiger partial charge in [-0.25, -0.2) is 0 Å². The minimum absolute atomic E-state index is 0.177. The molecular weight excluding hydrogens is 326 g/mol. The molecule has 0 aliphatic heterocycles. The predicted molar refractivity (Wildman–Crippen MR) is 90.8 cm³/mol. The Labute approximate surface area is 142 Å². The molecule has 0 saturated carbocycles. The summed E-state index contributed by atoms with van der Waals surface area (Å²) in [7, 11) is 0. The lowest BCUT2D eigenvalue weighted by atomic mass is 10.2. The van der Waals surface area contributed by atoms with Gasteiger partial charge in [-0.2, -0.15) is 0 Å².